The fraction of sp³-hybridized carbons (Fsp3) is 0.864. The molecule has 3 nitrogen and oxygen atoms in total. The lowest BCUT2D eigenvalue weighted by molar-refractivity contribution is -0.0717. The number of ether oxygens (including phenoxy) is 1. The Labute approximate surface area is 295 Å². The molecule has 9 aliphatic rings. The molecule has 6 fully saturated rings. The highest BCUT2D eigenvalue weighted by Gasteiger charge is 2.64. The molecule has 0 aromatic rings. The summed E-state index contributed by atoms with van der Waals surface area (Å²) in [6.45, 7) is 11.2. The van der Waals surface area contributed by atoms with Crippen LogP contribution < -0.4 is 0 Å². The molecule has 3 heterocycles. The zero-order valence-electron chi connectivity index (χ0n) is 31.3. The molecule has 0 aromatic heterocycles. The first kappa shape index (κ1) is 33.0. The highest BCUT2D eigenvalue weighted by molar-refractivity contribution is 6.65. The van der Waals surface area contributed by atoms with Gasteiger partial charge in [0.15, 0.2) is 6.71 Å². The van der Waals surface area contributed by atoms with E-state index in [0.717, 1.165) is 47.8 Å². The van der Waals surface area contributed by atoms with E-state index in [-0.39, 0.29) is 0 Å². The third-order valence-corrected chi connectivity index (χ3v) is 16.7. The first-order chi connectivity index (χ1) is 23.5. The Bertz CT molecular complexity index is 1240. The van der Waals surface area contributed by atoms with Gasteiger partial charge in [-0.1, -0.05) is 93.7 Å². The molecule has 3 saturated heterocycles. The van der Waals surface area contributed by atoms with E-state index in [0.29, 0.717) is 48.5 Å². The minimum absolute atomic E-state index is 0.385. The first-order valence-electron chi connectivity index (χ1n) is 21.8. The predicted molar refractivity (Wildman–Crippen MR) is 202 cm³/mol. The summed E-state index contributed by atoms with van der Waals surface area (Å²) < 4.78 is 7.29. The maximum atomic E-state index is 7.29. The van der Waals surface area contributed by atoms with Gasteiger partial charge in [0.25, 0.3) is 0 Å². The van der Waals surface area contributed by atoms with Gasteiger partial charge in [0.2, 0.25) is 0 Å². The molecule has 0 N–H and O–H groups in total. The number of allylic oxidation sites excluding steroid dienone is 2. The normalized spacial score (nSPS) is 45.6. The van der Waals surface area contributed by atoms with Gasteiger partial charge >= 0.3 is 0 Å². The van der Waals surface area contributed by atoms with E-state index in [4.69, 9.17) is 4.74 Å². The van der Waals surface area contributed by atoms with Gasteiger partial charge < -0.3 is 4.74 Å². The van der Waals surface area contributed by atoms with Crippen LogP contribution in [0.1, 0.15) is 150 Å². The molecule has 264 valence electrons. The van der Waals surface area contributed by atoms with Gasteiger partial charge in [-0.15, -0.1) is 0 Å². The van der Waals surface area contributed by atoms with Crippen LogP contribution in [0.4, 0.5) is 0 Å². The molecule has 6 aliphatic carbocycles. The van der Waals surface area contributed by atoms with Crippen molar-refractivity contribution in [2.75, 3.05) is 0 Å². The lowest BCUT2D eigenvalue weighted by Gasteiger charge is -2.67. The molecular weight excluding hydrogens is 583 g/mol. The van der Waals surface area contributed by atoms with E-state index >= 15 is 0 Å². The molecule has 12 atom stereocenters. The van der Waals surface area contributed by atoms with Gasteiger partial charge in [-0.2, -0.15) is 0 Å². The van der Waals surface area contributed by atoms with E-state index in [1.165, 1.54) is 122 Å². The lowest BCUT2D eigenvalue weighted by Crippen LogP contribution is -2.73. The second-order valence-corrected chi connectivity index (χ2v) is 19.0. The topological polar surface area (TPSA) is 15.7 Å². The summed E-state index contributed by atoms with van der Waals surface area (Å²) in [5.41, 5.74) is 3.80. The molecule has 3 saturated carbocycles. The fourth-order valence-electron chi connectivity index (χ4n) is 15.0. The van der Waals surface area contributed by atoms with Crippen LogP contribution in [0.5, 0.6) is 0 Å². The van der Waals surface area contributed by atoms with Crippen LogP contribution >= 0.6 is 0 Å². The Hall–Kier alpha value is -0.835. The second-order valence-electron chi connectivity index (χ2n) is 19.0. The highest BCUT2D eigenvalue weighted by Crippen LogP contribution is 2.62. The van der Waals surface area contributed by atoms with Gasteiger partial charge in [-0.3, -0.25) is 9.80 Å². The minimum atomic E-state index is 0.385. The van der Waals surface area contributed by atoms with Crippen LogP contribution in [0.25, 0.3) is 0 Å². The van der Waals surface area contributed by atoms with Crippen LogP contribution in [0.15, 0.2) is 35.5 Å². The second kappa shape index (κ2) is 13.6. The molecule has 12 unspecified atom stereocenters. The highest BCUT2D eigenvalue weighted by atomic mass is 16.5. The first-order valence-corrected chi connectivity index (χ1v) is 21.8. The van der Waals surface area contributed by atoms with E-state index in [9.17, 15) is 0 Å². The monoisotopic (exact) mass is 653 g/mol. The molecule has 3 aliphatic heterocycles. The Morgan fingerprint density at radius 2 is 1.56 bits per heavy atom. The summed E-state index contributed by atoms with van der Waals surface area (Å²) in [6, 6.07) is 3.92. The largest absolute Gasteiger partial charge is 0.369 e. The molecule has 9 rings (SSSR count). The average molecular weight is 653 g/mol. The lowest BCUT2D eigenvalue weighted by atomic mass is 9.19. The van der Waals surface area contributed by atoms with Gasteiger partial charge in [0.1, 0.15) is 0 Å². The average Bonchev–Trinajstić information content (AvgIpc) is 3.51. The van der Waals surface area contributed by atoms with Gasteiger partial charge in [0, 0.05) is 36.3 Å². The Morgan fingerprint density at radius 3 is 2.29 bits per heavy atom. The number of hydrogen-bond acceptors (Lipinski definition) is 3. The Balaban J connectivity index is 1.17. The maximum absolute atomic E-state index is 7.29. The van der Waals surface area contributed by atoms with E-state index in [1.807, 2.05) is 11.1 Å². The molecule has 0 amide bonds. The van der Waals surface area contributed by atoms with E-state index in [1.54, 1.807) is 0 Å². The summed E-state index contributed by atoms with van der Waals surface area (Å²) in [6.07, 6.45) is 38.4. The summed E-state index contributed by atoms with van der Waals surface area (Å²) >= 11 is 0. The maximum Gasteiger partial charge on any atom is 0.157 e. The molecule has 0 radical (unpaired) electrons. The predicted octanol–water partition coefficient (Wildman–Crippen LogP) is 10.6. The van der Waals surface area contributed by atoms with Crippen molar-refractivity contribution in [1.82, 2.24) is 9.80 Å². The van der Waals surface area contributed by atoms with Crippen LogP contribution in [-0.2, 0) is 4.74 Å². The summed E-state index contributed by atoms with van der Waals surface area (Å²) in [4.78, 5) is 6.40. The molecule has 0 aromatic carbocycles. The van der Waals surface area contributed by atoms with Crippen molar-refractivity contribution in [3.63, 3.8) is 0 Å². The number of rotatable bonds is 5. The standard InChI is InChI=1S/C44H69BN2O/c1-5-36-29(4)46(28(2)3)40-26-33(31-17-10-7-11-18-31)27-41-43(40)45(36)37-25-32(30-15-8-6-9-16-30)23-24-38(37)47(41)39-21-14-20-35-34-19-12-13-22-42(34)48-44(35)39/h13,22-23,27-31,34-44H,5-12,14-21,24-26H2,1-4H3. The number of nitrogens with zero attached hydrogens (tertiary/aromatic N) is 2. The molecule has 48 heavy (non-hydrogen) atoms. The van der Waals surface area contributed by atoms with Crippen molar-refractivity contribution < 1.29 is 4.74 Å². The smallest absolute Gasteiger partial charge is 0.157 e. The number of hydrogen-bond donors (Lipinski definition) is 0. The van der Waals surface area contributed by atoms with E-state index < -0.39 is 0 Å². The van der Waals surface area contributed by atoms with Crippen molar-refractivity contribution in [3.05, 3.63) is 35.5 Å². The molecular formula is C44H69BN2O. The van der Waals surface area contributed by atoms with Crippen LogP contribution in [0.3, 0.4) is 0 Å². The van der Waals surface area contributed by atoms with Gasteiger partial charge in [-0.05, 0) is 133 Å². The Kier molecular flexibility index (Phi) is 9.37. The Morgan fingerprint density at radius 1 is 0.812 bits per heavy atom. The minimum Gasteiger partial charge on any atom is -0.369 e. The van der Waals surface area contributed by atoms with Crippen molar-refractivity contribution in [1.29, 1.82) is 0 Å². The fourth-order valence-corrected chi connectivity index (χ4v) is 15.0. The van der Waals surface area contributed by atoms with Crippen molar-refractivity contribution in [2.45, 2.75) is 216 Å². The van der Waals surface area contributed by atoms with Crippen LogP contribution in [0.2, 0.25) is 17.5 Å². The van der Waals surface area contributed by atoms with Gasteiger partial charge in [-0.25, -0.2) is 0 Å². The van der Waals surface area contributed by atoms with Gasteiger partial charge in [0.05, 0.1) is 12.2 Å². The molecule has 4 heteroatoms. The summed E-state index contributed by atoms with van der Waals surface area (Å²) in [7, 11) is 0. The van der Waals surface area contributed by atoms with Crippen LogP contribution in [0, 0.1) is 23.7 Å². The van der Waals surface area contributed by atoms with Crippen molar-refractivity contribution in [3.8, 4) is 0 Å². The van der Waals surface area contributed by atoms with E-state index in [2.05, 4.69) is 61.8 Å². The zero-order chi connectivity index (χ0) is 32.5. The number of fused-ring (bicyclic) bond motifs is 5. The third kappa shape index (κ3) is 5.45. The van der Waals surface area contributed by atoms with Crippen molar-refractivity contribution >= 4 is 6.71 Å². The van der Waals surface area contributed by atoms with Crippen LogP contribution in [-0.4, -0.2) is 65.0 Å². The van der Waals surface area contributed by atoms with Crippen molar-refractivity contribution in [2.24, 2.45) is 23.7 Å². The summed E-state index contributed by atoms with van der Waals surface area (Å²) in [5, 5.41) is 0. The summed E-state index contributed by atoms with van der Waals surface area (Å²) in [5.74, 6) is 5.67. The third-order valence-electron chi connectivity index (χ3n) is 16.7. The SMILES string of the molecule is CCC1B2C3CC(C4CCCCC4)=CCC3N(C3CCCC4C5CCC=CC5OC43)C3C=C(C4CCCCC4)CC(C23)N(C(C)C)C1C. The molecule has 0 bridgehead atoms. The molecule has 0 spiro atoms. The zero-order valence-corrected chi connectivity index (χ0v) is 31.3. The quantitative estimate of drug-likeness (QED) is 0.217.